The summed E-state index contributed by atoms with van der Waals surface area (Å²) in [6, 6.07) is 16.6. The average Bonchev–Trinajstić information content (AvgIpc) is 3.40. The lowest BCUT2D eigenvalue weighted by Crippen LogP contribution is -2.51. The number of piperidine rings is 1. The molecule has 2 aromatic carbocycles. The Hall–Kier alpha value is -3.24. The van der Waals surface area contributed by atoms with Gasteiger partial charge in [0.25, 0.3) is 0 Å². The van der Waals surface area contributed by atoms with Gasteiger partial charge in [-0.1, -0.05) is 70.5 Å². The number of carbonyl (C=O) groups is 3. The Morgan fingerprint density at radius 2 is 1.62 bits per heavy atom. The highest BCUT2D eigenvalue weighted by Crippen LogP contribution is 2.48. The quantitative estimate of drug-likeness (QED) is 0.314. The first-order valence-electron chi connectivity index (χ1n) is 18.1. The number of anilines is 2. The maximum atomic E-state index is 14.1. The van der Waals surface area contributed by atoms with Crippen LogP contribution in [0.5, 0.6) is 0 Å². The van der Waals surface area contributed by atoms with Crippen molar-refractivity contribution in [3.8, 4) is 0 Å². The first-order chi connectivity index (χ1) is 23.1. The molecule has 4 amide bonds. The molecule has 0 radical (unpaired) electrons. The van der Waals surface area contributed by atoms with Crippen molar-refractivity contribution in [3.05, 3.63) is 59.7 Å². The van der Waals surface area contributed by atoms with E-state index in [1.165, 1.54) is 24.1 Å². The maximum Gasteiger partial charge on any atom is 0.322 e. The Bertz CT molecular complexity index is 1450. The molecule has 48 heavy (non-hydrogen) atoms. The van der Waals surface area contributed by atoms with Gasteiger partial charge in [0.2, 0.25) is 11.8 Å². The van der Waals surface area contributed by atoms with Crippen LogP contribution in [0.4, 0.5) is 16.2 Å². The fourth-order valence-electron chi connectivity index (χ4n) is 7.46. The molecule has 2 aromatic rings. The lowest BCUT2D eigenvalue weighted by atomic mass is 9.92. The number of likely N-dealkylation sites (tertiary alicyclic amines) is 1. The van der Waals surface area contributed by atoms with Gasteiger partial charge in [-0.05, 0) is 55.3 Å². The number of benzene rings is 2. The van der Waals surface area contributed by atoms with Crippen LogP contribution >= 0.6 is 11.8 Å². The molecule has 3 saturated heterocycles. The predicted molar refractivity (Wildman–Crippen MR) is 195 cm³/mol. The lowest BCUT2D eigenvalue weighted by Gasteiger charge is -2.40. The molecule has 6 rings (SSSR count). The fourth-order valence-corrected chi connectivity index (χ4v) is 8.96. The van der Waals surface area contributed by atoms with Gasteiger partial charge < -0.3 is 24.9 Å². The van der Waals surface area contributed by atoms with Crippen molar-refractivity contribution >= 4 is 41.0 Å². The Labute approximate surface area is 291 Å². The number of urea groups is 1. The van der Waals surface area contributed by atoms with Gasteiger partial charge in [0, 0.05) is 81.8 Å². The lowest BCUT2D eigenvalue weighted by molar-refractivity contribution is -0.137. The van der Waals surface area contributed by atoms with E-state index in [4.69, 9.17) is 0 Å². The summed E-state index contributed by atoms with van der Waals surface area (Å²) in [5, 5.41) is 2.51. The highest BCUT2D eigenvalue weighted by atomic mass is 32.2. The van der Waals surface area contributed by atoms with E-state index < -0.39 is 5.25 Å². The Morgan fingerprint density at radius 3 is 2.35 bits per heavy atom. The first kappa shape index (κ1) is 34.6. The number of nitrogens with zero attached hydrogens (tertiary/aromatic N) is 5. The molecule has 0 aliphatic carbocycles. The number of thioether (sulfide) groups is 1. The largest absolute Gasteiger partial charge is 0.369 e. The molecule has 0 bridgehead atoms. The molecule has 10 heteroatoms. The zero-order valence-electron chi connectivity index (χ0n) is 29.3. The van der Waals surface area contributed by atoms with E-state index in [1.54, 1.807) is 11.8 Å². The predicted octanol–water partition coefficient (Wildman–Crippen LogP) is 6.42. The summed E-state index contributed by atoms with van der Waals surface area (Å²) >= 11 is 1.66. The molecular weight excluding hydrogens is 621 g/mol. The average molecular weight is 675 g/mol. The molecule has 0 saturated carbocycles. The fraction of sp³-hybridized carbons (Fsp3) is 0.605. The van der Waals surface area contributed by atoms with Crippen molar-refractivity contribution < 1.29 is 14.4 Å². The Balaban J connectivity index is 1.11. The molecule has 4 heterocycles. The van der Waals surface area contributed by atoms with Crippen LogP contribution in [0.1, 0.15) is 82.7 Å². The van der Waals surface area contributed by atoms with Crippen molar-refractivity contribution in [2.45, 2.75) is 89.4 Å². The van der Waals surface area contributed by atoms with Crippen LogP contribution in [-0.4, -0.2) is 101 Å². The van der Waals surface area contributed by atoms with Gasteiger partial charge in [-0.25, -0.2) is 4.79 Å². The topological polar surface area (TPSA) is 79.4 Å². The zero-order valence-corrected chi connectivity index (χ0v) is 30.1. The number of amides is 4. The molecule has 2 atom stereocenters. The van der Waals surface area contributed by atoms with Gasteiger partial charge in [-0.15, -0.1) is 11.8 Å². The van der Waals surface area contributed by atoms with Gasteiger partial charge in [-0.3, -0.25) is 14.5 Å². The van der Waals surface area contributed by atoms with E-state index in [0.717, 1.165) is 63.2 Å². The molecule has 0 aromatic heterocycles. The summed E-state index contributed by atoms with van der Waals surface area (Å²) in [5.74, 6) is 0.126. The van der Waals surface area contributed by atoms with E-state index in [0.29, 0.717) is 26.2 Å². The van der Waals surface area contributed by atoms with Gasteiger partial charge in [0.15, 0.2) is 0 Å². The van der Waals surface area contributed by atoms with Crippen molar-refractivity contribution in [1.82, 2.24) is 19.6 Å². The smallest absolute Gasteiger partial charge is 0.322 e. The Morgan fingerprint density at radius 1 is 0.917 bits per heavy atom. The monoisotopic (exact) mass is 674 g/mol. The van der Waals surface area contributed by atoms with E-state index in [9.17, 15) is 14.4 Å². The number of carbonyl (C=O) groups excluding carboxylic acids is 3. The number of hydrogen-bond donors (Lipinski definition) is 1. The summed E-state index contributed by atoms with van der Waals surface area (Å²) in [6.45, 7) is 16.6. The summed E-state index contributed by atoms with van der Waals surface area (Å²) in [6.07, 6.45) is 5.06. The van der Waals surface area contributed by atoms with Crippen LogP contribution in [0.15, 0.2) is 48.5 Å². The van der Waals surface area contributed by atoms with Crippen LogP contribution in [0, 0.1) is 5.41 Å². The van der Waals surface area contributed by atoms with Crippen LogP contribution in [0.2, 0.25) is 0 Å². The minimum absolute atomic E-state index is 0.0423. The minimum Gasteiger partial charge on any atom is -0.369 e. The third-order valence-electron chi connectivity index (χ3n) is 10.5. The second-order valence-electron chi connectivity index (χ2n) is 15.1. The number of rotatable bonds is 10. The van der Waals surface area contributed by atoms with Crippen LogP contribution < -0.4 is 10.2 Å². The SMILES string of the molecule is CCCCN1CCN(c2ccccc2C2SC(CC(=O)N3CCC(N4Cc5ccccc5NC4=O)CC3)C(=O)N2CCC(C)(C)C)CC1. The molecule has 1 N–H and O–H groups in total. The van der Waals surface area contributed by atoms with Gasteiger partial charge >= 0.3 is 6.03 Å². The van der Waals surface area contributed by atoms with Crippen LogP contribution in [-0.2, 0) is 16.1 Å². The second-order valence-corrected chi connectivity index (χ2v) is 16.4. The van der Waals surface area contributed by atoms with Gasteiger partial charge in [-0.2, -0.15) is 0 Å². The van der Waals surface area contributed by atoms with E-state index in [2.05, 4.69) is 78.0 Å². The summed E-state index contributed by atoms with van der Waals surface area (Å²) in [5.41, 5.74) is 4.50. The first-order valence-corrected chi connectivity index (χ1v) is 19.0. The van der Waals surface area contributed by atoms with E-state index >= 15 is 0 Å². The molecule has 4 aliphatic rings. The van der Waals surface area contributed by atoms with Crippen molar-refractivity contribution in [1.29, 1.82) is 0 Å². The van der Waals surface area contributed by atoms with Crippen molar-refractivity contribution in [2.75, 3.05) is 62.6 Å². The molecule has 3 fully saturated rings. The zero-order chi connectivity index (χ0) is 33.8. The van der Waals surface area contributed by atoms with E-state index in [-0.39, 0.29) is 41.1 Å². The molecular formula is C38H54N6O3S. The molecule has 4 aliphatic heterocycles. The molecule has 260 valence electrons. The molecule has 9 nitrogen and oxygen atoms in total. The highest BCUT2D eigenvalue weighted by molar-refractivity contribution is 8.01. The van der Waals surface area contributed by atoms with Crippen molar-refractivity contribution in [2.24, 2.45) is 5.41 Å². The van der Waals surface area contributed by atoms with Crippen molar-refractivity contribution in [3.63, 3.8) is 0 Å². The number of unbranched alkanes of at least 4 members (excludes halogenated alkanes) is 1. The number of nitrogens with one attached hydrogen (secondary N) is 1. The Kier molecular flexibility index (Phi) is 10.9. The normalized spacial score (nSPS) is 22.7. The summed E-state index contributed by atoms with van der Waals surface area (Å²) in [4.78, 5) is 51.7. The molecule has 0 spiro atoms. The van der Waals surface area contributed by atoms with Gasteiger partial charge in [0.05, 0.1) is 5.25 Å². The third kappa shape index (κ3) is 7.96. The number of para-hydroxylation sites is 2. The van der Waals surface area contributed by atoms with E-state index in [1.807, 2.05) is 28.0 Å². The summed E-state index contributed by atoms with van der Waals surface area (Å²) < 4.78 is 0. The maximum absolute atomic E-state index is 14.1. The number of hydrogen-bond acceptors (Lipinski definition) is 6. The van der Waals surface area contributed by atoms with Gasteiger partial charge in [0.1, 0.15) is 5.37 Å². The van der Waals surface area contributed by atoms with Crippen LogP contribution in [0.25, 0.3) is 0 Å². The second kappa shape index (κ2) is 15.1. The minimum atomic E-state index is -0.400. The molecule has 2 unspecified atom stereocenters. The number of piperazine rings is 1. The highest BCUT2D eigenvalue weighted by Gasteiger charge is 2.44. The van der Waals surface area contributed by atoms with Crippen LogP contribution in [0.3, 0.4) is 0 Å². The standard InChI is InChI=1S/C38H54N6O3S/c1-5-6-18-40-22-24-41(25-23-40)32-14-10-8-12-30(32)36-43(21-17-38(2,3)4)35(46)33(48-36)26-34(45)42-19-15-29(16-20-42)44-27-28-11-7-9-13-31(28)39-37(44)47/h7-14,29,33,36H,5-6,15-27H2,1-4H3,(H,39,47). The third-order valence-corrected chi connectivity index (χ3v) is 11.9. The number of fused-ring (bicyclic) bond motifs is 1. The summed E-state index contributed by atoms with van der Waals surface area (Å²) in [7, 11) is 0.